The Morgan fingerprint density at radius 1 is 1.29 bits per heavy atom. The first-order valence-electron chi connectivity index (χ1n) is 8.12. The molecule has 1 N–H and O–H groups in total. The van der Waals surface area contributed by atoms with Gasteiger partial charge in [-0.15, -0.1) is 0 Å². The molecule has 126 valence electrons. The number of amides is 1. The second-order valence-electron chi connectivity index (χ2n) is 6.25. The number of piperazine rings is 1. The maximum absolute atomic E-state index is 12.6. The fourth-order valence-electron chi connectivity index (χ4n) is 3.05. The number of nitrogens with one attached hydrogen (secondary N) is 1. The molecule has 0 spiro atoms. The van der Waals surface area contributed by atoms with Gasteiger partial charge in [-0.1, -0.05) is 30.3 Å². The van der Waals surface area contributed by atoms with Crippen LogP contribution in [-0.4, -0.2) is 52.4 Å². The number of rotatable bonds is 3. The van der Waals surface area contributed by atoms with Crippen LogP contribution in [0.15, 0.2) is 41.3 Å². The number of aromatic amines is 1. The molecule has 2 heterocycles. The molecule has 1 aromatic carbocycles. The zero-order valence-corrected chi connectivity index (χ0v) is 14.0. The highest BCUT2D eigenvalue weighted by molar-refractivity contribution is 5.78. The molecule has 1 aliphatic heterocycles. The van der Waals surface area contributed by atoms with Gasteiger partial charge in [0.05, 0.1) is 12.5 Å². The SMILES string of the molecule is Cc1ncc(CC(=O)N2CCN(C)[C@@H](c3ccccc3)C2)c(=O)[nH]1. The fraction of sp³-hybridized carbons (Fsp3) is 0.389. The van der Waals surface area contributed by atoms with E-state index in [1.165, 1.54) is 11.8 Å². The van der Waals surface area contributed by atoms with Crippen molar-refractivity contribution >= 4 is 5.91 Å². The van der Waals surface area contributed by atoms with E-state index in [4.69, 9.17) is 0 Å². The summed E-state index contributed by atoms with van der Waals surface area (Å²) in [6.07, 6.45) is 1.59. The molecule has 1 aromatic heterocycles. The van der Waals surface area contributed by atoms with Gasteiger partial charge < -0.3 is 9.88 Å². The number of nitrogens with zero attached hydrogens (tertiary/aromatic N) is 3. The van der Waals surface area contributed by atoms with Gasteiger partial charge >= 0.3 is 0 Å². The largest absolute Gasteiger partial charge is 0.339 e. The molecule has 6 heteroatoms. The van der Waals surface area contributed by atoms with Crippen molar-refractivity contribution in [2.75, 3.05) is 26.7 Å². The molecular weight excluding hydrogens is 304 g/mol. The minimum Gasteiger partial charge on any atom is -0.339 e. The van der Waals surface area contributed by atoms with Gasteiger partial charge in [-0.25, -0.2) is 4.98 Å². The average molecular weight is 326 g/mol. The van der Waals surface area contributed by atoms with E-state index in [1.807, 2.05) is 23.1 Å². The summed E-state index contributed by atoms with van der Waals surface area (Å²) in [4.78, 5) is 35.4. The first kappa shape index (κ1) is 16.4. The van der Waals surface area contributed by atoms with E-state index in [1.54, 1.807) is 6.92 Å². The minimum atomic E-state index is -0.232. The van der Waals surface area contributed by atoms with Gasteiger partial charge in [-0.3, -0.25) is 14.5 Å². The number of carbonyl (C=O) groups is 1. The Kier molecular flexibility index (Phi) is 4.76. The summed E-state index contributed by atoms with van der Waals surface area (Å²) in [5, 5.41) is 0. The quantitative estimate of drug-likeness (QED) is 0.918. The molecule has 0 bridgehead atoms. The summed E-state index contributed by atoms with van der Waals surface area (Å²) in [5.41, 5.74) is 1.39. The maximum Gasteiger partial charge on any atom is 0.254 e. The molecule has 3 rings (SSSR count). The van der Waals surface area contributed by atoms with E-state index in [9.17, 15) is 9.59 Å². The van der Waals surface area contributed by atoms with Crippen LogP contribution in [0.4, 0.5) is 0 Å². The van der Waals surface area contributed by atoms with Crippen LogP contribution >= 0.6 is 0 Å². The number of hydrogen-bond donors (Lipinski definition) is 1. The normalized spacial score (nSPS) is 18.6. The zero-order chi connectivity index (χ0) is 17.1. The summed E-state index contributed by atoms with van der Waals surface area (Å²) in [7, 11) is 2.08. The molecule has 1 amide bonds. The van der Waals surface area contributed by atoms with Gasteiger partial charge in [0.2, 0.25) is 5.91 Å². The van der Waals surface area contributed by atoms with Gasteiger partial charge in [0.25, 0.3) is 5.56 Å². The lowest BCUT2D eigenvalue weighted by molar-refractivity contribution is -0.133. The fourth-order valence-corrected chi connectivity index (χ4v) is 3.05. The Morgan fingerprint density at radius 3 is 2.75 bits per heavy atom. The second kappa shape index (κ2) is 6.97. The van der Waals surface area contributed by atoms with Crippen LogP contribution in [0.3, 0.4) is 0 Å². The minimum absolute atomic E-state index is 0.0276. The molecule has 2 aromatic rings. The van der Waals surface area contributed by atoms with Gasteiger partial charge in [-0.2, -0.15) is 0 Å². The van der Waals surface area contributed by atoms with Crippen molar-refractivity contribution in [3.05, 3.63) is 63.8 Å². The Bertz CT molecular complexity index is 772. The first-order valence-corrected chi connectivity index (χ1v) is 8.12. The molecule has 0 aliphatic carbocycles. The van der Waals surface area contributed by atoms with Crippen molar-refractivity contribution in [3.63, 3.8) is 0 Å². The zero-order valence-electron chi connectivity index (χ0n) is 14.0. The predicted molar refractivity (Wildman–Crippen MR) is 91.7 cm³/mol. The summed E-state index contributed by atoms with van der Waals surface area (Å²) >= 11 is 0. The number of aromatic nitrogens is 2. The average Bonchev–Trinajstić information content (AvgIpc) is 2.58. The highest BCUT2D eigenvalue weighted by atomic mass is 16.2. The molecule has 24 heavy (non-hydrogen) atoms. The Hall–Kier alpha value is -2.47. The van der Waals surface area contributed by atoms with E-state index in [2.05, 4.69) is 34.0 Å². The first-order chi connectivity index (χ1) is 11.5. The molecule has 6 nitrogen and oxygen atoms in total. The lowest BCUT2D eigenvalue weighted by Gasteiger charge is -2.39. The standard InChI is InChI=1S/C18H22N4O2/c1-13-19-11-15(18(24)20-13)10-17(23)22-9-8-21(2)16(12-22)14-6-4-3-5-7-14/h3-7,11,16H,8-10,12H2,1-2H3,(H,19,20,24)/t16-/m1/s1. The molecule has 1 aliphatic rings. The number of hydrogen-bond acceptors (Lipinski definition) is 4. The van der Waals surface area contributed by atoms with Crippen LogP contribution in [0.25, 0.3) is 0 Å². The van der Waals surface area contributed by atoms with Crippen LogP contribution in [0, 0.1) is 6.92 Å². The number of aryl methyl sites for hydroxylation is 1. The summed E-state index contributed by atoms with van der Waals surface area (Å²) < 4.78 is 0. The molecule has 1 fully saturated rings. The van der Waals surface area contributed by atoms with E-state index in [-0.39, 0.29) is 23.9 Å². The highest BCUT2D eigenvalue weighted by Gasteiger charge is 2.28. The van der Waals surface area contributed by atoms with Gasteiger partial charge in [0, 0.05) is 31.4 Å². The lowest BCUT2D eigenvalue weighted by Crippen LogP contribution is -2.49. The van der Waals surface area contributed by atoms with E-state index in [0.29, 0.717) is 24.5 Å². The Balaban J connectivity index is 1.72. The van der Waals surface area contributed by atoms with Crippen molar-refractivity contribution in [1.29, 1.82) is 0 Å². The molecule has 1 atom stereocenters. The van der Waals surface area contributed by atoms with Gasteiger partial charge in [-0.05, 0) is 19.5 Å². The molecule has 0 unspecified atom stereocenters. The summed E-state index contributed by atoms with van der Waals surface area (Å²) in [5.74, 6) is 0.528. The van der Waals surface area contributed by atoms with E-state index >= 15 is 0 Å². The number of likely N-dealkylation sites (N-methyl/N-ethyl adjacent to an activating group) is 1. The van der Waals surface area contributed by atoms with Crippen molar-refractivity contribution in [2.24, 2.45) is 0 Å². The van der Waals surface area contributed by atoms with Gasteiger partial charge in [0.15, 0.2) is 0 Å². The molecule has 0 saturated carbocycles. The monoisotopic (exact) mass is 326 g/mol. The van der Waals surface area contributed by atoms with Crippen LogP contribution in [0.1, 0.15) is 23.0 Å². The van der Waals surface area contributed by atoms with Crippen LogP contribution in [-0.2, 0) is 11.2 Å². The third-order valence-electron chi connectivity index (χ3n) is 4.53. The third kappa shape index (κ3) is 3.54. The van der Waals surface area contributed by atoms with Gasteiger partial charge in [0.1, 0.15) is 5.82 Å². The van der Waals surface area contributed by atoms with E-state index in [0.717, 1.165) is 6.54 Å². The van der Waals surface area contributed by atoms with Crippen molar-refractivity contribution in [2.45, 2.75) is 19.4 Å². The smallest absolute Gasteiger partial charge is 0.254 e. The number of carbonyl (C=O) groups excluding carboxylic acids is 1. The molecule has 0 radical (unpaired) electrons. The lowest BCUT2D eigenvalue weighted by atomic mass is 10.0. The number of benzene rings is 1. The second-order valence-corrected chi connectivity index (χ2v) is 6.25. The molecular formula is C18H22N4O2. The van der Waals surface area contributed by atoms with Crippen LogP contribution < -0.4 is 5.56 Å². The third-order valence-corrected chi connectivity index (χ3v) is 4.53. The molecule has 1 saturated heterocycles. The Labute approximate surface area is 141 Å². The summed E-state index contributed by atoms with van der Waals surface area (Å²) in [6.45, 7) is 3.85. The maximum atomic E-state index is 12.6. The van der Waals surface area contributed by atoms with Crippen molar-refractivity contribution in [1.82, 2.24) is 19.8 Å². The van der Waals surface area contributed by atoms with Crippen LogP contribution in [0.2, 0.25) is 0 Å². The number of H-pyrrole nitrogens is 1. The topological polar surface area (TPSA) is 69.3 Å². The van der Waals surface area contributed by atoms with Crippen LogP contribution in [0.5, 0.6) is 0 Å². The Morgan fingerprint density at radius 2 is 2.04 bits per heavy atom. The predicted octanol–water partition coefficient (Wildman–Crippen LogP) is 1.14. The van der Waals surface area contributed by atoms with E-state index < -0.39 is 0 Å². The summed E-state index contributed by atoms with van der Waals surface area (Å²) in [6, 6.07) is 10.4. The van der Waals surface area contributed by atoms with Crippen molar-refractivity contribution < 1.29 is 4.79 Å². The highest BCUT2D eigenvalue weighted by Crippen LogP contribution is 2.24. The van der Waals surface area contributed by atoms with Crippen molar-refractivity contribution in [3.8, 4) is 0 Å².